The average molecular weight is 303 g/mol. The van der Waals surface area contributed by atoms with E-state index in [0.29, 0.717) is 13.2 Å². The molecule has 0 bridgehead atoms. The summed E-state index contributed by atoms with van der Waals surface area (Å²) in [4.78, 5) is 35.7. The van der Waals surface area contributed by atoms with E-state index in [9.17, 15) is 19.5 Å². The van der Waals surface area contributed by atoms with Crippen molar-refractivity contribution in [1.82, 2.24) is 15.5 Å². The highest BCUT2D eigenvalue weighted by Crippen LogP contribution is 2.18. The van der Waals surface area contributed by atoms with E-state index in [1.165, 1.54) is 14.0 Å². The number of amides is 3. The fourth-order valence-corrected chi connectivity index (χ4v) is 2.04. The molecule has 1 rings (SSSR count). The number of aliphatic hydroxyl groups excluding tert-OH is 1. The lowest BCUT2D eigenvalue weighted by Crippen LogP contribution is -2.52. The molecule has 1 unspecified atom stereocenters. The van der Waals surface area contributed by atoms with Crippen LogP contribution in [0.15, 0.2) is 0 Å². The van der Waals surface area contributed by atoms with Gasteiger partial charge in [0.25, 0.3) is 0 Å². The smallest absolute Gasteiger partial charge is 0.326 e. The van der Waals surface area contributed by atoms with Crippen molar-refractivity contribution < 1.29 is 29.3 Å². The van der Waals surface area contributed by atoms with Crippen molar-refractivity contribution in [3.8, 4) is 0 Å². The number of nitrogens with zero attached hydrogens (tertiary/aromatic N) is 1. The Bertz CT molecular complexity index is 402. The molecule has 1 fully saturated rings. The minimum atomic E-state index is -1.18. The minimum absolute atomic E-state index is 0.0167. The number of hydrogen-bond acceptors (Lipinski definition) is 5. The van der Waals surface area contributed by atoms with Crippen molar-refractivity contribution >= 4 is 17.9 Å². The maximum absolute atomic E-state index is 12.0. The first-order valence-corrected chi connectivity index (χ1v) is 6.61. The molecule has 0 spiro atoms. The molecule has 0 aliphatic carbocycles. The highest BCUT2D eigenvalue weighted by atomic mass is 16.5. The molecule has 1 saturated heterocycles. The fraction of sp³-hybridized carbons (Fsp3) is 0.750. The summed E-state index contributed by atoms with van der Waals surface area (Å²) in [6.45, 7) is 2.09. The second-order valence-corrected chi connectivity index (χ2v) is 4.85. The topological polar surface area (TPSA) is 128 Å². The molecular formula is C12H21N3O6. The Kier molecular flexibility index (Phi) is 6.38. The lowest BCUT2D eigenvalue weighted by Gasteiger charge is -2.23. The average Bonchev–Trinajstić information content (AvgIpc) is 2.81. The SMILES string of the molecule is COCCNC(=O)C(C)NC(=O)N1C[C@@H](O)C[C@H]1C(=O)O. The van der Waals surface area contributed by atoms with Gasteiger partial charge in [-0.3, -0.25) is 4.79 Å². The number of aliphatic hydroxyl groups is 1. The molecular weight excluding hydrogens is 282 g/mol. The molecule has 4 N–H and O–H groups in total. The molecule has 3 atom stereocenters. The predicted octanol–water partition coefficient (Wildman–Crippen LogP) is -1.63. The monoisotopic (exact) mass is 303 g/mol. The second kappa shape index (κ2) is 7.79. The molecule has 1 aliphatic heterocycles. The van der Waals surface area contributed by atoms with E-state index >= 15 is 0 Å². The van der Waals surface area contributed by atoms with Crippen molar-refractivity contribution in [2.24, 2.45) is 0 Å². The summed E-state index contributed by atoms with van der Waals surface area (Å²) in [7, 11) is 1.50. The number of nitrogens with one attached hydrogen (secondary N) is 2. The van der Waals surface area contributed by atoms with Crippen LogP contribution < -0.4 is 10.6 Å². The molecule has 9 heteroatoms. The highest BCUT2D eigenvalue weighted by molar-refractivity contribution is 5.88. The van der Waals surface area contributed by atoms with Gasteiger partial charge in [-0.05, 0) is 6.92 Å². The van der Waals surface area contributed by atoms with Crippen LogP contribution in [0.4, 0.5) is 4.79 Å². The Hall–Kier alpha value is -1.87. The third kappa shape index (κ3) is 4.87. The first-order valence-electron chi connectivity index (χ1n) is 6.61. The summed E-state index contributed by atoms with van der Waals surface area (Å²) in [5.74, 6) is -1.58. The zero-order valence-corrected chi connectivity index (χ0v) is 12.0. The number of carbonyl (C=O) groups is 3. The molecule has 0 saturated carbocycles. The van der Waals surface area contributed by atoms with Gasteiger partial charge in [0.2, 0.25) is 5.91 Å². The van der Waals surface area contributed by atoms with E-state index in [-0.39, 0.29) is 13.0 Å². The van der Waals surface area contributed by atoms with Crippen LogP contribution in [0.25, 0.3) is 0 Å². The number of hydrogen-bond donors (Lipinski definition) is 4. The summed E-state index contributed by atoms with van der Waals surface area (Å²) in [5.41, 5.74) is 0. The zero-order valence-electron chi connectivity index (χ0n) is 12.0. The molecule has 0 aromatic carbocycles. The lowest BCUT2D eigenvalue weighted by atomic mass is 10.2. The van der Waals surface area contributed by atoms with Gasteiger partial charge in [0.05, 0.1) is 12.7 Å². The first kappa shape index (κ1) is 17.2. The number of methoxy groups -OCH3 is 1. The standard InChI is InChI=1S/C12H21N3O6/c1-7(10(17)13-3-4-21-2)14-12(20)15-6-8(16)5-9(15)11(18)19/h7-9,16H,3-6H2,1-2H3,(H,13,17)(H,14,20)(H,18,19)/t7?,8-,9-/m0/s1. The molecule has 21 heavy (non-hydrogen) atoms. The maximum Gasteiger partial charge on any atom is 0.326 e. The summed E-state index contributed by atoms with van der Waals surface area (Å²) in [6.07, 6.45) is -0.889. The fourth-order valence-electron chi connectivity index (χ4n) is 2.04. The van der Waals surface area contributed by atoms with Crippen LogP contribution in [0.5, 0.6) is 0 Å². The second-order valence-electron chi connectivity index (χ2n) is 4.85. The van der Waals surface area contributed by atoms with Crippen LogP contribution in [-0.2, 0) is 14.3 Å². The number of aliphatic carboxylic acids is 1. The minimum Gasteiger partial charge on any atom is -0.480 e. The molecule has 9 nitrogen and oxygen atoms in total. The Morgan fingerprint density at radius 1 is 1.43 bits per heavy atom. The van der Waals surface area contributed by atoms with Gasteiger partial charge in [0.15, 0.2) is 0 Å². The summed E-state index contributed by atoms with van der Waals surface area (Å²) in [6, 6.07) is -2.58. The van der Waals surface area contributed by atoms with E-state index in [2.05, 4.69) is 10.6 Å². The van der Waals surface area contributed by atoms with Gasteiger partial charge in [-0.2, -0.15) is 0 Å². The van der Waals surface area contributed by atoms with E-state index in [4.69, 9.17) is 9.84 Å². The molecule has 120 valence electrons. The van der Waals surface area contributed by atoms with Crippen molar-refractivity contribution in [1.29, 1.82) is 0 Å². The van der Waals surface area contributed by atoms with Crippen molar-refractivity contribution in [3.05, 3.63) is 0 Å². The Morgan fingerprint density at radius 3 is 2.67 bits per heavy atom. The van der Waals surface area contributed by atoms with Crippen LogP contribution in [-0.4, -0.2) is 78.0 Å². The van der Waals surface area contributed by atoms with Gasteiger partial charge in [0.1, 0.15) is 12.1 Å². The number of carboxylic acids is 1. The van der Waals surface area contributed by atoms with E-state index in [1.54, 1.807) is 0 Å². The normalized spacial score (nSPS) is 22.7. The largest absolute Gasteiger partial charge is 0.480 e. The van der Waals surface area contributed by atoms with Gasteiger partial charge in [-0.25, -0.2) is 9.59 Å². The number of β-amino-alcohol motifs (C(OH)–C–C–N with tert-alkyl or cyclic N) is 1. The van der Waals surface area contributed by atoms with Crippen LogP contribution >= 0.6 is 0 Å². The molecule has 0 aromatic heterocycles. The number of carbonyl (C=O) groups excluding carboxylic acids is 2. The maximum atomic E-state index is 12.0. The zero-order chi connectivity index (χ0) is 16.0. The van der Waals surface area contributed by atoms with E-state index < -0.39 is 36.1 Å². The quantitative estimate of drug-likeness (QED) is 0.436. The number of carboxylic acid groups (broad SMARTS) is 1. The van der Waals surface area contributed by atoms with Gasteiger partial charge in [0, 0.05) is 26.6 Å². The van der Waals surface area contributed by atoms with Crippen LogP contribution in [0.1, 0.15) is 13.3 Å². The Labute approximate surface area is 122 Å². The molecule has 1 heterocycles. The number of rotatable bonds is 6. The van der Waals surface area contributed by atoms with Gasteiger partial charge >= 0.3 is 12.0 Å². The first-order chi connectivity index (χ1) is 9.86. The third-order valence-electron chi connectivity index (χ3n) is 3.16. The van der Waals surface area contributed by atoms with Gasteiger partial charge in [-0.15, -0.1) is 0 Å². The van der Waals surface area contributed by atoms with Gasteiger partial charge in [-0.1, -0.05) is 0 Å². The number of urea groups is 1. The summed E-state index contributed by atoms with van der Waals surface area (Å²) >= 11 is 0. The molecule has 0 radical (unpaired) electrons. The van der Waals surface area contributed by atoms with E-state index in [0.717, 1.165) is 4.90 Å². The van der Waals surface area contributed by atoms with Crippen molar-refractivity contribution in [3.63, 3.8) is 0 Å². The predicted molar refractivity (Wildman–Crippen MR) is 71.6 cm³/mol. The van der Waals surface area contributed by atoms with E-state index in [1.807, 2.05) is 0 Å². The Balaban J connectivity index is 2.51. The molecule has 0 aromatic rings. The Morgan fingerprint density at radius 2 is 2.10 bits per heavy atom. The molecule has 3 amide bonds. The van der Waals surface area contributed by atoms with Gasteiger partial charge < -0.3 is 30.5 Å². The molecule has 1 aliphatic rings. The number of likely N-dealkylation sites (tertiary alicyclic amines) is 1. The highest BCUT2D eigenvalue weighted by Gasteiger charge is 2.39. The third-order valence-corrected chi connectivity index (χ3v) is 3.16. The van der Waals surface area contributed by atoms with Crippen LogP contribution in [0, 0.1) is 0 Å². The van der Waals surface area contributed by atoms with Crippen LogP contribution in [0.2, 0.25) is 0 Å². The van der Waals surface area contributed by atoms with Crippen molar-refractivity contribution in [2.45, 2.75) is 31.5 Å². The van der Waals surface area contributed by atoms with Crippen molar-refractivity contribution in [2.75, 3.05) is 26.8 Å². The number of ether oxygens (including phenoxy) is 1. The summed E-state index contributed by atoms with van der Waals surface area (Å²) < 4.78 is 4.78. The summed E-state index contributed by atoms with van der Waals surface area (Å²) in [5, 5.41) is 23.5. The van der Waals surface area contributed by atoms with Crippen LogP contribution in [0.3, 0.4) is 0 Å². The lowest BCUT2D eigenvalue weighted by molar-refractivity contribution is -0.141.